The first kappa shape index (κ1) is 12.3. The summed E-state index contributed by atoms with van der Waals surface area (Å²) >= 11 is 1.85. The van der Waals surface area contributed by atoms with Crippen molar-refractivity contribution in [1.82, 2.24) is 9.88 Å². The van der Waals surface area contributed by atoms with E-state index in [-0.39, 0.29) is 0 Å². The van der Waals surface area contributed by atoms with Gasteiger partial charge in [0.05, 0.1) is 0 Å². The zero-order chi connectivity index (χ0) is 13.2. The molecule has 0 radical (unpaired) electrons. The van der Waals surface area contributed by atoms with Gasteiger partial charge in [-0.2, -0.15) is 5.26 Å². The van der Waals surface area contributed by atoms with Crippen LogP contribution >= 0.6 is 11.3 Å². The fourth-order valence-electron chi connectivity index (χ4n) is 2.66. The lowest BCUT2D eigenvalue weighted by molar-refractivity contribution is 0.191. The van der Waals surface area contributed by atoms with Gasteiger partial charge in [-0.15, -0.1) is 11.3 Å². The average Bonchev–Trinajstić information content (AvgIpc) is 2.92. The topological polar surface area (TPSA) is 39.9 Å². The molecule has 1 aliphatic heterocycles. The van der Waals surface area contributed by atoms with Gasteiger partial charge in [0, 0.05) is 35.8 Å². The fourth-order valence-corrected chi connectivity index (χ4v) is 3.63. The second kappa shape index (κ2) is 5.12. The van der Waals surface area contributed by atoms with E-state index < -0.39 is 0 Å². The molecule has 0 saturated carbocycles. The number of pyridine rings is 1. The second-order valence-corrected chi connectivity index (χ2v) is 5.82. The molecule has 1 unspecified atom stereocenters. The summed E-state index contributed by atoms with van der Waals surface area (Å²) in [6.07, 6.45) is 2.79. The van der Waals surface area contributed by atoms with E-state index in [1.54, 1.807) is 6.20 Å². The highest BCUT2D eigenvalue weighted by Crippen LogP contribution is 2.33. The molecule has 0 aromatic carbocycles. The molecule has 1 aliphatic rings. The number of rotatable bonds is 2. The predicted octanol–water partition coefficient (Wildman–Crippen LogP) is 3.13. The summed E-state index contributed by atoms with van der Waals surface area (Å²) in [7, 11) is 0. The van der Waals surface area contributed by atoms with E-state index in [0.29, 0.717) is 11.7 Å². The highest BCUT2D eigenvalue weighted by Gasteiger charge is 2.25. The summed E-state index contributed by atoms with van der Waals surface area (Å²) < 4.78 is 0. The maximum atomic E-state index is 9.11. The van der Waals surface area contributed by atoms with Crippen LogP contribution in [0.2, 0.25) is 0 Å². The van der Waals surface area contributed by atoms with Gasteiger partial charge in [-0.05, 0) is 36.4 Å². The Morgan fingerprint density at radius 2 is 2.42 bits per heavy atom. The normalized spacial score (nSPS) is 18.8. The summed E-state index contributed by atoms with van der Waals surface area (Å²) in [4.78, 5) is 8.07. The predicted molar refractivity (Wildman–Crippen MR) is 75.8 cm³/mol. The molecule has 0 fully saturated rings. The summed E-state index contributed by atoms with van der Waals surface area (Å²) in [5.41, 5.74) is 3.01. The number of thiophene rings is 1. The minimum Gasteiger partial charge on any atom is -0.292 e. The highest BCUT2D eigenvalue weighted by atomic mass is 32.1. The SMILES string of the molecule is CC1c2ccsc2CCN1Cc1cccnc1C#N. The summed E-state index contributed by atoms with van der Waals surface area (Å²) in [6, 6.07) is 8.73. The smallest absolute Gasteiger partial charge is 0.144 e. The van der Waals surface area contributed by atoms with E-state index in [1.807, 2.05) is 23.5 Å². The van der Waals surface area contributed by atoms with Gasteiger partial charge in [-0.1, -0.05) is 6.07 Å². The fraction of sp³-hybridized carbons (Fsp3) is 0.333. The van der Waals surface area contributed by atoms with Crippen molar-refractivity contribution in [1.29, 1.82) is 5.26 Å². The molecule has 2 aromatic heterocycles. The van der Waals surface area contributed by atoms with E-state index in [2.05, 4.69) is 34.3 Å². The van der Waals surface area contributed by atoms with E-state index in [0.717, 1.165) is 25.1 Å². The van der Waals surface area contributed by atoms with Crippen LogP contribution in [0.15, 0.2) is 29.8 Å². The molecule has 3 nitrogen and oxygen atoms in total. The Balaban J connectivity index is 1.84. The van der Waals surface area contributed by atoms with Crippen molar-refractivity contribution in [2.75, 3.05) is 6.54 Å². The van der Waals surface area contributed by atoms with Crippen LogP contribution < -0.4 is 0 Å². The molecule has 0 N–H and O–H groups in total. The van der Waals surface area contributed by atoms with Crippen molar-refractivity contribution in [3.63, 3.8) is 0 Å². The Kier molecular flexibility index (Phi) is 3.33. The van der Waals surface area contributed by atoms with Gasteiger partial charge in [0.2, 0.25) is 0 Å². The number of fused-ring (bicyclic) bond motifs is 1. The minimum absolute atomic E-state index is 0.418. The molecular weight excluding hydrogens is 254 g/mol. The van der Waals surface area contributed by atoms with Gasteiger partial charge < -0.3 is 0 Å². The van der Waals surface area contributed by atoms with Crippen molar-refractivity contribution < 1.29 is 0 Å². The van der Waals surface area contributed by atoms with E-state index in [1.165, 1.54) is 10.4 Å². The lowest BCUT2D eigenvalue weighted by Gasteiger charge is -2.33. The van der Waals surface area contributed by atoms with Crippen LogP contribution in [0, 0.1) is 11.3 Å². The Labute approximate surface area is 117 Å². The lowest BCUT2D eigenvalue weighted by Crippen LogP contribution is -2.32. The lowest BCUT2D eigenvalue weighted by atomic mass is 10.0. The zero-order valence-electron chi connectivity index (χ0n) is 10.8. The van der Waals surface area contributed by atoms with Crippen molar-refractivity contribution in [3.05, 3.63) is 51.5 Å². The Bertz CT molecular complexity index is 626. The standard InChI is InChI=1S/C15H15N3S/c1-11-13-5-8-19-15(13)4-7-18(11)10-12-3-2-6-17-14(12)9-16/h2-3,5-6,8,11H,4,7,10H2,1H3. The Morgan fingerprint density at radius 3 is 3.26 bits per heavy atom. The number of hydrogen-bond acceptors (Lipinski definition) is 4. The summed E-state index contributed by atoms with van der Waals surface area (Å²) in [6.45, 7) is 4.09. The third-order valence-corrected chi connectivity index (χ3v) is 4.77. The summed E-state index contributed by atoms with van der Waals surface area (Å²) in [5.74, 6) is 0. The number of nitrogens with zero attached hydrogens (tertiary/aromatic N) is 3. The first-order chi connectivity index (χ1) is 9.29. The van der Waals surface area contributed by atoms with E-state index >= 15 is 0 Å². The summed E-state index contributed by atoms with van der Waals surface area (Å²) in [5, 5.41) is 11.3. The number of nitriles is 1. The van der Waals surface area contributed by atoms with Gasteiger partial charge in [-0.3, -0.25) is 4.90 Å². The molecule has 1 atom stereocenters. The Hall–Kier alpha value is -1.70. The molecule has 0 bridgehead atoms. The quantitative estimate of drug-likeness (QED) is 0.841. The molecule has 3 heterocycles. The minimum atomic E-state index is 0.418. The molecule has 0 saturated heterocycles. The molecule has 2 aromatic rings. The van der Waals surface area contributed by atoms with Crippen LogP contribution in [0.25, 0.3) is 0 Å². The van der Waals surface area contributed by atoms with Gasteiger partial charge in [-0.25, -0.2) is 4.98 Å². The molecular formula is C15H15N3S. The zero-order valence-corrected chi connectivity index (χ0v) is 11.7. The number of hydrogen-bond donors (Lipinski definition) is 0. The average molecular weight is 269 g/mol. The molecule has 3 rings (SSSR count). The van der Waals surface area contributed by atoms with Gasteiger partial charge in [0.1, 0.15) is 11.8 Å². The van der Waals surface area contributed by atoms with Crippen LogP contribution in [0.3, 0.4) is 0 Å². The Morgan fingerprint density at radius 1 is 1.53 bits per heavy atom. The van der Waals surface area contributed by atoms with Crippen LogP contribution in [0.1, 0.15) is 34.7 Å². The molecule has 19 heavy (non-hydrogen) atoms. The molecule has 0 aliphatic carbocycles. The maximum absolute atomic E-state index is 9.11. The first-order valence-corrected chi connectivity index (χ1v) is 7.32. The van der Waals surface area contributed by atoms with Crippen molar-refractivity contribution >= 4 is 11.3 Å². The molecule has 0 spiro atoms. The van der Waals surface area contributed by atoms with Gasteiger partial charge in [0.25, 0.3) is 0 Å². The van der Waals surface area contributed by atoms with Crippen molar-refractivity contribution in [3.8, 4) is 6.07 Å². The highest BCUT2D eigenvalue weighted by molar-refractivity contribution is 7.10. The van der Waals surface area contributed by atoms with E-state index in [4.69, 9.17) is 5.26 Å². The maximum Gasteiger partial charge on any atom is 0.144 e. The van der Waals surface area contributed by atoms with Gasteiger partial charge >= 0.3 is 0 Å². The van der Waals surface area contributed by atoms with Crippen LogP contribution in [-0.4, -0.2) is 16.4 Å². The molecule has 96 valence electrons. The third-order valence-electron chi connectivity index (χ3n) is 3.77. The second-order valence-electron chi connectivity index (χ2n) is 4.82. The largest absolute Gasteiger partial charge is 0.292 e. The molecule has 4 heteroatoms. The van der Waals surface area contributed by atoms with Crippen LogP contribution in [0.5, 0.6) is 0 Å². The van der Waals surface area contributed by atoms with Gasteiger partial charge in [0.15, 0.2) is 0 Å². The number of aromatic nitrogens is 1. The van der Waals surface area contributed by atoms with Crippen LogP contribution in [0.4, 0.5) is 0 Å². The third kappa shape index (κ3) is 2.27. The van der Waals surface area contributed by atoms with Crippen LogP contribution in [-0.2, 0) is 13.0 Å². The first-order valence-electron chi connectivity index (χ1n) is 6.44. The molecule has 0 amide bonds. The van der Waals surface area contributed by atoms with Crippen molar-refractivity contribution in [2.24, 2.45) is 0 Å². The van der Waals surface area contributed by atoms with Crippen molar-refractivity contribution in [2.45, 2.75) is 25.9 Å². The van der Waals surface area contributed by atoms with E-state index in [9.17, 15) is 0 Å². The monoisotopic (exact) mass is 269 g/mol.